The van der Waals surface area contributed by atoms with Gasteiger partial charge < -0.3 is 9.84 Å². The summed E-state index contributed by atoms with van der Waals surface area (Å²) in [5, 5.41) is 13.2. The molecule has 0 amide bonds. The second-order valence-electron chi connectivity index (χ2n) is 3.82. The quantitative estimate of drug-likeness (QED) is 0.851. The summed E-state index contributed by atoms with van der Waals surface area (Å²) in [6.45, 7) is 0.730. The van der Waals surface area contributed by atoms with Crippen LogP contribution in [-0.4, -0.2) is 20.9 Å². The monoisotopic (exact) mass is 230 g/mol. The Morgan fingerprint density at radius 3 is 2.76 bits per heavy atom. The number of carbonyl (C=O) groups is 1. The normalized spacial score (nSPS) is 13.6. The van der Waals surface area contributed by atoms with Gasteiger partial charge in [-0.25, -0.2) is 9.48 Å². The summed E-state index contributed by atoms with van der Waals surface area (Å²) in [5.41, 5.74) is 2.44. The van der Waals surface area contributed by atoms with Gasteiger partial charge in [-0.3, -0.25) is 0 Å². The van der Waals surface area contributed by atoms with Crippen LogP contribution >= 0.6 is 0 Å². The Morgan fingerprint density at radius 2 is 2.06 bits per heavy atom. The third kappa shape index (κ3) is 1.52. The zero-order valence-corrected chi connectivity index (χ0v) is 8.96. The molecular formula is C12H10N2O3. The minimum absolute atomic E-state index is 0.0846. The number of ether oxygens (including phenoxy) is 1. The Balaban J connectivity index is 2.19. The van der Waals surface area contributed by atoms with Gasteiger partial charge in [0.1, 0.15) is 0 Å². The van der Waals surface area contributed by atoms with Gasteiger partial charge in [0.25, 0.3) is 0 Å². The molecule has 0 spiro atoms. The highest BCUT2D eigenvalue weighted by molar-refractivity contribution is 5.87. The summed E-state index contributed by atoms with van der Waals surface area (Å²) in [6, 6.07) is 9.45. The Kier molecular flexibility index (Phi) is 2.19. The second kappa shape index (κ2) is 3.71. The molecule has 1 aliphatic heterocycles. The lowest BCUT2D eigenvalue weighted by atomic mass is 10.2. The van der Waals surface area contributed by atoms with Crippen LogP contribution in [0.3, 0.4) is 0 Å². The molecule has 0 bridgehead atoms. The Labute approximate surface area is 97.3 Å². The van der Waals surface area contributed by atoms with E-state index >= 15 is 0 Å². The topological polar surface area (TPSA) is 64.3 Å². The van der Waals surface area contributed by atoms with Crippen molar-refractivity contribution in [1.82, 2.24) is 9.78 Å². The van der Waals surface area contributed by atoms with Crippen LogP contribution in [-0.2, 0) is 18.0 Å². The van der Waals surface area contributed by atoms with Gasteiger partial charge in [0.2, 0.25) is 0 Å². The fourth-order valence-corrected chi connectivity index (χ4v) is 1.99. The molecule has 1 aromatic heterocycles. The number of carboxylic acid groups (broad SMARTS) is 1. The first kappa shape index (κ1) is 10.0. The molecule has 0 atom stereocenters. The van der Waals surface area contributed by atoms with Crippen LogP contribution in [0.2, 0.25) is 0 Å². The molecule has 1 aromatic carbocycles. The third-order valence-electron chi connectivity index (χ3n) is 2.78. The van der Waals surface area contributed by atoms with Crippen molar-refractivity contribution in [3.05, 3.63) is 47.3 Å². The zero-order valence-electron chi connectivity index (χ0n) is 8.96. The van der Waals surface area contributed by atoms with E-state index in [0.29, 0.717) is 18.8 Å². The zero-order chi connectivity index (χ0) is 11.8. The van der Waals surface area contributed by atoms with Crippen LogP contribution in [0, 0.1) is 0 Å². The van der Waals surface area contributed by atoms with Crippen molar-refractivity contribution in [1.29, 1.82) is 0 Å². The molecule has 0 radical (unpaired) electrons. The first-order chi connectivity index (χ1) is 8.27. The molecule has 2 heterocycles. The molecule has 0 saturated heterocycles. The lowest BCUT2D eigenvalue weighted by Crippen LogP contribution is -2.04. The van der Waals surface area contributed by atoms with Crippen LogP contribution in [0.5, 0.6) is 0 Å². The van der Waals surface area contributed by atoms with Gasteiger partial charge in [-0.1, -0.05) is 18.2 Å². The second-order valence-corrected chi connectivity index (χ2v) is 3.82. The number of aromatic carboxylic acids is 1. The predicted molar refractivity (Wildman–Crippen MR) is 59.0 cm³/mol. The molecule has 17 heavy (non-hydrogen) atoms. The van der Waals surface area contributed by atoms with E-state index in [0.717, 1.165) is 11.4 Å². The number of benzene rings is 1. The summed E-state index contributed by atoms with van der Waals surface area (Å²) in [7, 11) is 0. The van der Waals surface area contributed by atoms with Crippen molar-refractivity contribution in [3.8, 4) is 5.69 Å². The average molecular weight is 230 g/mol. The van der Waals surface area contributed by atoms with Crippen molar-refractivity contribution < 1.29 is 14.6 Å². The lowest BCUT2D eigenvalue weighted by Gasteiger charge is -2.03. The number of rotatable bonds is 2. The minimum Gasteiger partial charge on any atom is -0.476 e. The van der Waals surface area contributed by atoms with Crippen LogP contribution in [0.25, 0.3) is 5.69 Å². The fraction of sp³-hybridized carbons (Fsp3) is 0.167. The van der Waals surface area contributed by atoms with E-state index in [1.54, 1.807) is 4.68 Å². The lowest BCUT2D eigenvalue weighted by molar-refractivity contribution is 0.0682. The summed E-state index contributed by atoms with van der Waals surface area (Å²) < 4.78 is 6.93. The van der Waals surface area contributed by atoms with E-state index in [4.69, 9.17) is 9.84 Å². The van der Waals surface area contributed by atoms with Crippen molar-refractivity contribution in [2.45, 2.75) is 13.2 Å². The van der Waals surface area contributed by atoms with Crippen molar-refractivity contribution in [2.75, 3.05) is 0 Å². The van der Waals surface area contributed by atoms with E-state index in [9.17, 15) is 4.79 Å². The molecular weight excluding hydrogens is 220 g/mol. The van der Waals surface area contributed by atoms with Gasteiger partial charge in [0.15, 0.2) is 5.69 Å². The maximum atomic E-state index is 11.1. The molecule has 0 fully saturated rings. The highest BCUT2D eigenvalue weighted by Crippen LogP contribution is 2.25. The molecule has 0 saturated carbocycles. The maximum absolute atomic E-state index is 11.1. The smallest absolute Gasteiger partial charge is 0.356 e. The van der Waals surface area contributed by atoms with E-state index in [1.165, 1.54) is 0 Å². The first-order valence-corrected chi connectivity index (χ1v) is 5.24. The van der Waals surface area contributed by atoms with Gasteiger partial charge >= 0.3 is 5.97 Å². The predicted octanol–water partition coefficient (Wildman–Crippen LogP) is 1.60. The van der Waals surface area contributed by atoms with E-state index < -0.39 is 5.97 Å². The molecule has 1 aliphatic rings. The summed E-state index contributed by atoms with van der Waals surface area (Å²) >= 11 is 0. The van der Waals surface area contributed by atoms with E-state index in [1.807, 2.05) is 30.3 Å². The summed E-state index contributed by atoms with van der Waals surface area (Å²) in [6.07, 6.45) is 0. The molecule has 3 rings (SSSR count). The number of hydrogen-bond acceptors (Lipinski definition) is 3. The van der Waals surface area contributed by atoms with Crippen molar-refractivity contribution in [2.24, 2.45) is 0 Å². The summed E-state index contributed by atoms with van der Waals surface area (Å²) in [4.78, 5) is 11.1. The summed E-state index contributed by atoms with van der Waals surface area (Å²) in [5.74, 6) is -1.01. The minimum atomic E-state index is -1.01. The molecule has 86 valence electrons. The van der Waals surface area contributed by atoms with Gasteiger partial charge in [-0.05, 0) is 12.1 Å². The average Bonchev–Trinajstić information content (AvgIpc) is 2.90. The number of carboxylic acids is 1. The molecule has 0 unspecified atom stereocenters. The largest absolute Gasteiger partial charge is 0.476 e. The van der Waals surface area contributed by atoms with Crippen LogP contribution in [0.4, 0.5) is 0 Å². The highest BCUT2D eigenvalue weighted by Gasteiger charge is 2.27. The molecule has 5 nitrogen and oxygen atoms in total. The number of aromatic nitrogens is 2. The number of nitrogens with zero attached hydrogens (tertiary/aromatic N) is 2. The molecule has 2 aromatic rings. The van der Waals surface area contributed by atoms with Gasteiger partial charge in [-0.2, -0.15) is 5.10 Å². The number of fused-ring (bicyclic) bond motifs is 1. The van der Waals surface area contributed by atoms with E-state index in [2.05, 4.69) is 5.10 Å². The highest BCUT2D eigenvalue weighted by atomic mass is 16.5. The fourth-order valence-electron chi connectivity index (χ4n) is 1.99. The van der Waals surface area contributed by atoms with Crippen molar-refractivity contribution in [3.63, 3.8) is 0 Å². The SMILES string of the molecule is O=C(O)c1nn(-c2ccccc2)c2c1COC2. The van der Waals surface area contributed by atoms with Crippen LogP contribution in [0.15, 0.2) is 30.3 Å². The number of hydrogen-bond donors (Lipinski definition) is 1. The van der Waals surface area contributed by atoms with Crippen molar-refractivity contribution >= 4 is 5.97 Å². The Hall–Kier alpha value is -2.14. The standard InChI is InChI=1S/C12H10N2O3/c15-12(16)11-9-6-17-7-10(9)14(13-11)8-4-2-1-3-5-8/h1-5H,6-7H2,(H,15,16). The molecule has 5 heteroatoms. The van der Waals surface area contributed by atoms with E-state index in [-0.39, 0.29) is 5.69 Å². The van der Waals surface area contributed by atoms with Crippen LogP contribution in [0.1, 0.15) is 21.7 Å². The van der Waals surface area contributed by atoms with Gasteiger partial charge in [-0.15, -0.1) is 0 Å². The Bertz CT molecular complexity index is 575. The third-order valence-corrected chi connectivity index (χ3v) is 2.78. The van der Waals surface area contributed by atoms with Gasteiger partial charge in [0, 0.05) is 5.56 Å². The molecule has 1 N–H and O–H groups in total. The van der Waals surface area contributed by atoms with Crippen LogP contribution < -0.4 is 0 Å². The maximum Gasteiger partial charge on any atom is 0.356 e. The number of para-hydroxylation sites is 1. The molecule has 0 aliphatic carbocycles. The Morgan fingerprint density at radius 1 is 1.29 bits per heavy atom. The first-order valence-electron chi connectivity index (χ1n) is 5.24. The van der Waals surface area contributed by atoms with Gasteiger partial charge in [0.05, 0.1) is 24.6 Å².